The number of halogens is 3. The topological polar surface area (TPSA) is 64.0 Å². The van der Waals surface area contributed by atoms with Gasteiger partial charge in [0.25, 0.3) is 11.5 Å². The number of carbonyl (C=O) groups excluding carboxylic acids is 1. The Labute approximate surface area is 157 Å². The minimum atomic E-state index is -2.90. The molecule has 1 atom stereocenters. The van der Waals surface area contributed by atoms with E-state index in [4.69, 9.17) is 0 Å². The molecule has 0 unspecified atom stereocenters. The van der Waals surface area contributed by atoms with E-state index in [-0.39, 0.29) is 25.3 Å². The van der Waals surface area contributed by atoms with Crippen molar-refractivity contribution < 1.29 is 13.6 Å². The van der Waals surface area contributed by atoms with Gasteiger partial charge in [0, 0.05) is 16.3 Å². The van der Waals surface area contributed by atoms with Gasteiger partial charge in [-0.1, -0.05) is 29.8 Å². The second-order valence-corrected chi connectivity index (χ2v) is 7.88. The summed E-state index contributed by atoms with van der Waals surface area (Å²) in [6.07, 6.45) is 0.390. The number of hydrogen-bond donors (Lipinski definition) is 1. The van der Waals surface area contributed by atoms with Gasteiger partial charge in [-0.25, -0.2) is 13.5 Å². The van der Waals surface area contributed by atoms with E-state index < -0.39 is 23.4 Å². The molecule has 140 valence electrons. The number of rotatable bonds is 4. The number of aromatic nitrogens is 2. The molecule has 1 aromatic carbocycles. The fourth-order valence-corrected chi connectivity index (χ4v) is 3.66. The maximum absolute atomic E-state index is 13.7. The minimum absolute atomic E-state index is 0.0286. The van der Waals surface area contributed by atoms with E-state index in [0.717, 1.165) is 14.5 Å². The first-order valence-corrected chi connectivity index (χ1v) is 9.36. The lowest BCUT2D eigenvalue weighted by Gasteiger charge is -2.20. The second kappa shape index (κ2) is 7.06. The summed E-state index contributed by atoms with van der Waals surface area (Å²) in [6, 6.07) is 4.07. The SMILES string of the molecule is CC(C)c1nn(CC(=O)N[C@@H]2CCCC2(F)F)c(=O)c2ccc(Br)cc12. The number of alkyl halides is 2. The Kier molecular flexibility index (Phi) is 5.14. The summed E-state index contributed by atoms with van der Waals surface area (Å²) < 4.78 is 29.3. The molecule has 1 aromatic heterocycles. The fraction of sp³-hybridized carbons (Fsp3) is 0.500. The van der Waals surface area contributed by atoms with Crippen LogP contribution in [0.15, 0.2) is 27.5 Å². The number of hydrogen-bond acceptors (Lipinski definition) is 3. The average Bonchev–Trinajstić information content (AvgIpc) is 2.88. The van der Waals surface area contributed by atoms with Crippen LogP contribution < -0.4 is 10.9 Å². The molecule has 0 radical (unpaired) electrons. The first kappa shape index (κ1) is 18.9. The molecular formula is C18H20BrF2N3O2. The predicted molar refractivity (Wildman–Crippen MR) is 98.5 cm³/mol. The zero-order valence-electron chi connectivity index (χ0n) is 14.6. The van der Waals surface area contributed by atoms with Gasteiger partial charge in [0.05, 0.1) is 17.1 Å². The average molecular weight is 428 g/mol. The first-order valence-electron chi connectivity index (χ1n) is 8.56. The van der Waals surface area contributed by atoms with E-state index in [9.17, 15) is 18.4 Å². The van der Waals surface area contributed by atoms with Crippen molar-refractivity contribution in [3.63, 3.8) is 0 Å². The van der Waals surface area contributed by atoms with Crippen LogP contribution in [0.25, 0.3) is 10.8 Å². The maximum atomic E-state index is 13.7. The summed E-state index contributed by atoms with van der Waals surface area (Å²) in [6.45, 7) is 3.50. The molecule has 0 spiro atoms. The van der Waals surface area contributed by atoms with Gasteiger partial charge in [0.1, 0.15) is 6.54 Å². The Bertz CT molecular complexity index is 911. The molecule has 0 aliphatic heterocycles. The van der Waals surface area contributed by atoms with Gasteiger partial charge in [-0.15, -0.1) is 0 Å². The lowest BCUT2D eigenvalue weighted by Crippen LogP contribution is -2.46. The highest BCUT2D eigenvalue weighted by Crippen LogP contribution is 2.35. The molecule has 1 heterocycles. The quantitative estimate of drug-likeness (QED) is 0.810. The molecule has 1 aliphatic carbocycles. The highest BCUT2D eigenvalue weighted by molar-refractivity contribution is 9.10. The highest BCUT2D eigenvalue weighted by atomic mass is 79.9. The van der Waals surface area contributed by atoms with Crippen LogP contribution in [-0.4, -0.2) is 27.7 Å². The van der Waals surface area contributed by atoms with Crippen molar-refractivity contribution in [3.05, 3.63) is 38.7 Å². The Morgan fingerprint density at radius 1 is 1.42 bits per heavy atom. The summed E-state index contributed by atoms with van der Waals surface area (Å²) in [5.74, 6) is -3.49. The molecule has 5 nitrogen and oxygen atoms in total. The standard InChI is InChI=1S/C18H20BrF2N3O2/c1-10(2)16-13-8-11(19)5-6-12(13)17(26)24(23-16)9-15(25)22-14-4-3-7-18(14,20)21/h5-6,8,10,14H,3-4,7,9H2,1-2H3,(H,22,25)/t14-/m1/s1. The van der Waals surface area contributed by atoms with Crippen molar-refractivity contribution in [2.75, 3.05) is 0 Å². The van der Waals surface area contributed by atoms with Gasteiger partial charge in [-0.05, 0) is 37.0 Å². The predicted octanol–water partition coefficient (Wildman–Crippen LogP) is 3.59. The molecule has 1 saturated carbocycles. The zero-order chi connectivity index (χ0) is 19.1. The van der Waals surface area contributed by atoms with E-state index >= 15 is 0 Å². The van der Waals surface area contributed by atoms with Gasteiger partial charge < -0.3 is 5.32 Å². The number of fused-ring (bicyclic) bond motifs is 1. The Hall–Kier alpha value is -1.83. The van der Waals surface area contributed by atoms with Crippen molar-refractivity contribution in [2.45, 2.75) is 57.5 Å². The number of carbonyl (C=O) groups is 1. The Morgan fingerprint density at radius 2 is 2.15 bits per heavy atom. The first-order chi connectivity index (χ1) is 12.2. The van der Waals surface area contributed by atoms with Crippen LogP contribution in [0.4, 0.5) is 8.78 Å². The molecule has 1 N–H and O–H groups in total. The molecule has 0 saturated heterocycles. The van der Waals surface area contributed by atoms with Crippen molar-refractivity contribution in [1.82, 2.24) is 15.1 Å². The molecular weight excluding hydrogens is 408 g/mol. The third kappa shape index (κ3) is 3.65. The molecule has 1 aliphatic rings. The van der Waals surface area contributed by atoms with Gasteiger partial charge in [0.2, 0.25) is 5.91 Å². The minimum Gasteiger partial charge on any atom is -0.346 e. The Balaban J connectivity index is 1.93. The van der Waals surface area contributed by atoms with Crippen LogP contribution >= 0.6 is 15.9 Å². The van der Waals surface area contributed by atoms with Gasteiger partial charge in [0.15, 0.2) is 0 Å². The van der Waals surface area contributed by atoms with Crippen LogP contribution in [0.5, 0.6) is 0 Å². The number of nitrogens with one attached hydrogen (secondary N) is 1. The summed E-state index contributed by atoms with van der Waals surface area (Å²) >= 11 is 3.39. The molecule has 2 aromatic rings. The van der Waals surface area contributed by atoms with E-state index in [1.165, 1.54) is 0 Å². The largest absolute Gasteiger partial charge is 0.346 e. The van der Waals surface area contributed by atoms with Gasteiger partial charge in [-0.3, -0.25) is 9.59 Å². The maximum Gasteiger partial charge on any atom is 0.275 e. The van der Waals surface area contributed by atoms with Crippen LogP contribution in [-0.2, 0) is 11.3 Å². The van der Waals surface area contributed by atoms with Crippen LogP contribution in [0, 0.1) is 0 Å². The molecule has 8 heteroatoms. The summed E-state index contributed by atoms with van der Waals surface area (Å²) in [5.41, 5.74) is 0.269. The third-order valence-corrected chi connectivity index (χ3v) is 5.13. The van der Waals surface area contributed by atoms with Crippen LogP contribution in [0.3, 0.4) is 0 Å². The van der Waals surface area contributed by atoms with Crippen molar-refractivity contribution in [1.29, 1.82) is 0 Å². The molecule has 1 amide bonds. The normalized spacial score (nSPS) is 19.2. The number of nitrogens with zero attached hydrogens (tertiary/aromatic N) is 2. The second-order valence-electron chi connectivity index (χ2n) is 6.97. The molecule has 3 rings (SSSR count). The van der Waals surface area contributed by atoms with Crippen molar-refractivity contribution in [3.8, 4) is 0 Å². The number of benzene rings is 1. The van der Waals surface area contributed by atoms with E-state index in [1.807, 2.05) is 19.9 Å². The number of amides is 1. The lowest BCUT2D eigenvalue weighted by atomic mass is 10.0. The smallest absolute Gasteiger partial charge is 0.275 e. The monoisotopic (exact) mass is 427 g/mol. The molecule has 26 heavy (non-hydrogen) atoms. The summed E-state index contributed by atoms with van der Waals surface area (Å²) in [7, 11) is 0. The lowest BCUT2D eigenvalue weighted by molar-refractivity contribution is -0.125. The molecule has 0 bridgehead atoms. The van der Waals surface area contributed by atoms with E-state index in [1.54, 1.807) is 12.1 Å². The van der Waals surface area contributed by atoms with Crippen molar-refractivity contribution in [2.24, 2.45) is 0 Å². The summed E-state index contributed by atoms with van der Waals surface area (Å²) in [4.78, 5) is 24.9. The zero-order valence-corrected chi connectivity index (χ0v) is 16.1. The van der Waals surface area contributed by atoms with Crippen molar-refractivity contribution >= 4 is 32.6 Å². The highest BCUT2D eigenvalue weighted by Gasteiger charge is 2.44. The van der Waals surface area contributed by atoms with Crippen LogP contribution in [0.2, 0.25) is 0 Å². The fourth-order valence-electron chi connectivity index (χ4n) is 3.30. The van der Waals surface area contributed by atoms with Gasteiger partial charge >= 0.3 is 0 Å². The third-order valence-electron chi connectivity index (χ3n) is 4.64. The van der Waals surface area contributed by atoms with Gasteiger partial charge in [-0.2, -0.15) is 5.10 Å². The van der Waals surface area contributed by atoms with E-state index in [2.05, 4.69) is 26.3 Å². The Morgan fingerprint density at radius 3 is 2.77 bits per heavy atom. The van der Waals surface area contributed by atoms with Crippen LogP contribution in [0.1, 0.15) is 44.7 Å². The molecule has 1 fully saturated rings. The summed E-state index contributed by atoms with van der Waals surface area (Å²) in [5, 5.41) is 7.85. The van der Waals surface area contributed by atoms with E-state index in [0.29, 0.717) is 17.5 Å².